The second-order valence-electron chi connectivity index (χ2n) is 7.05. The fourth-order valence-electron chi connectivity index (χ4n) is 2.78. The van der Waals surface area contributed by atoms with Gasteiger partial charge in [-0.25, -0.2) is 9.48 Å². The van der Waals surface area contributed by atoms with Gasteiger partial charge in [0.15, 0.2) is 0 Å². The van der Waals surface area contributed by atoms with Crippen LogP contribution in [-0.2, 0) is 6.54 Å². The van der Waals surface area contributed by atoms with Crippen LogP contribution in [0.1, 0.15) is 42.6 Å². The van der Waals surface area contributed by atoms with Gasteiger partial charge in [0.1, 0.15) is 11.5 Å². The van der Waals surface area contributed by atoms with E-state index in [2.05, 4.69) is 15.6 Å². The van der Waals surface area contributed by atoms with Crippen molar-refractivity contribution >= 4 is 11.7 Å². The summed E-state index contributed by atoms with van der Waals surface area (Å²) in [6, 6.07) is 11.3. The van der Waals surface area contributed by atoms with Crippen LogP contribution < -0.4 is 5.32 Å². The van der Waals surface area contributed by atoms with E-state index < -0.39 is 0 Å². The Labute approximate surface area is 159 Å². The molecule has 0 saturated carbocycles. The molecule has 7 nitrogen and oxygen atoms in total. The number of amides is 2. The zero-order valence-corrected chi connectivity index (χ0v) is 16.4. The molecule has 1 N–H and O–H groups in total. The minimum Gasteiger partial charge on any atom is -0.361 e. The fourth-order valence-corrected chi connectivity index (χ4v) is 2.78. The Bertz CT molecular complexity index is 924. The molecular weight excluding hydrogens is 342 g/mol. The van der Waals surface area contributed by atoms with Crippen molar-refractivity contribution in [2.45, 2.75) is 40.2 Å². The van der Waals surface area contributed by atoms with Crippen molar-refractivity contribution in [3.8, 4) is 5.69 Å². The maximum Gasteiger partial charge on any atom is 0.321 e. The molecule has 0 spiro atoms. The maximum absolute atomic E-state index is 12.4. The van der Waals surface area contributed by atoms with Crippen LogP contribution in [0.5, 0.6) is 0 Å². The van der Waals surface area contributed by atoms with Gasteiger partial charge in [-0.2, -0.15) is 5.10 Å². The molecule has 2 aromatic heterocycles. The largest absolute Gasteiger partial charge is 0.361 e. The van der Waals surface area contributed by atoms with E-state index in [0.717, 1.165) is 34.2 Å². The Morgan fingerprint density at radius 1 is 1.22 bits per heavy atom. The Hall–Kier alpha value is -3.09. The highest BCUT2D eigenvalue weighted by Crippen LogP contribution is 2.18. The maximum atomic E-state index is 12.4. The lowest BCUT2D eigenvalue weighted by molar-refractivity contribution is 0.219. The van der Waals surface area contributed by atoms with E-state index in [1.807, 2.05) is 68.8 Å². The molecule has 0 aliphatic rings. The average Bonchev–Trinajstić information content (AvgIpc) is 3.22. The number of hydrogen-bond acceptors (Lipinski definition) is 4. The summed E-state index contributed by atoms with van der Waals surface area (Å²) in [6.07, 6.45) is 0. The van der Waals surface area contributed by atoms with Gasteiger partial charge in [0, 0.05) is 30.4 Å². The Morgan fingerprint density at radius 3 is 2.48 bits per heavy atom. The van der Waals surface area contributed by atoms with E-state index in [9.17, 15) is 4.79 Å². The smallest absolute Gasteiger partial charge is 0.321 e. The minimum atomic E-state index is -0.206. The molecule has 3 rings (SSSR count). The van der Waals surface area contributed by atoms with Crippen LogP contribution >= 0.6 is 0 Å². The molecule has 3 aromatic rings. The SMILES string of the molecule is Cc1cc(C)n(-c2ccc(NC(=O)N(C)Cc3cc(C(C)C)on3)cc2)n1. The Morgan fingerprint density at radius 2 is 1.93 bits per heavy atom. The normalized spacial score (nSPS) is 11.0. The number of hydrogen-bond donors (Lipinski definition) is 1. The first-order valence-corrected chi connectivity index (χ1v) is 8.95. The zero-order valence-electron chi connectivity index (χ0n) is 16.4. The van der Waals surface area contributed by atoms with E-state index in [1.54, 1.807) is 11.9 Å². The standard InChI is InChI=1S/C20H25N5O2/c1-13(2)19-11-17(23-27-19)12-24(5)20(26)21-16-6-8-18(9-7-16)25-15(4)10-14(3)22-25/h6-11,13H,12H2,1-5H3,(H,21,26). The first-order valence-electron chi connectivity index (χ1n) is 8.95. The number of aryl methyl sites for hydroxylation is 2. The number of carbonyl (C=O) groups is 1. The summed E-state index contributed by atoms with van der Waals surface area (Å²) in [5.41, 5.74) is 4.45. The predicted molar refractivity (Wildman–Crippen MR) is 104 cm³/mol. The number of carbonyl (C=O) groups excluding carboxylic acids is 1. The fraction of sp³-hybridized carbons (Fsp3) is 0.350. The van der Waals surface area contributed by atoms with Crippen molar-refractivity contribution in [2.75, 3.05) is 12.4 Å². The van der Waals surface area contributed by atoms with Gasteiger partial charge in [-0.3, -0.25) is 0 Å². The summed E-state index contributed by atoms with van der Waals surface area (Å²) in [5, 5.41) is 11.4. The van der Waals surface area contributed by atoms with Crippen LogP contribution in [0.2, 0.25) is 0 Å². The van der Waals surface area contributed by atoms with Gasteiger partial charge in [0.05, 0.1) is 17.9 Å². The molecule has 0 fully saturated rings. The van der Waals surface area contributed by atoms with Crippen LogP contribution in [-0.4, -0.2) is 32.9 Å². The van der Waals surface area contributed by atoms with Crippen LogP contribution in [0.4, 0.5) is 10.5 Å². The third-order valence-electron chi connectivity index (χ3n) is 4.26. The van der Waals surface area contributed by atoms with Crippen molar-refractivity contribution in [3.63, 3.8) is 0 Å². The molecule has 2 amide bonds. The Kier molecular flexibility index (Phi) is 5.30. The Balaban J connectivity index is 1.62. The highest BCUT2D eigenvalue weighted by Gasteiger charge is 2.14. The van der Waals surface area contributed by atoms with Crippen molar-refractivity contribution < 1.29 is 9.32 Å². The molecule has 27 heavy (non-hydrogen) atoms. The van der Waals surface area contributed by atoms with Gasteiger partial charge in [0.2, 0.25) is 0 Å². The van der Waals surface area contributed by atoms with Gasteiger partial charge in [-0.1, -0.05) is 19.0 Å². The van der Waals surface area contributed by atoms with Gasteiger partial charge >= 0.3 is 6.03 Å². The highest BCUT2D eigenvalue weighted by molar-refractivity contribution is 5.89. The molecule has 142 valence electrons. The van der Waals surface area contributed by atoms with Crippen molar-refractivity contribution in [1.29, 1.82) is 0 Å². The monoisotopic (exact) mass is 367 g/mol. The van der Waals surface area contributed by atoms with Crippen LogP contribution in [0.3, 0.4) is 0 Å². The molecule has 7 heteroatoms. The van der Waals surface area contributed by atoms with Crippen LogP contribution in [0, 0.1) is 13.8 Å². The van der Waals surface area contributed by atoms with Crippen molar-refractivity contribution in [1.82, 2.24) is 19.8 Å². The second kappa shape index (κ2) is 7.65. The molecule has 1 aromatic carbocycles. The average molecular weight is 367 g/mol. The predicted octanol–water partition coefficient (Wildman–Crippen LogP) is 4.26. The molecular formula is C20H25N5O2. The number of nitrogens with zero attached hydrogens (tertiary/aromatic N) is 4. The molecule has 0 atom stereocenters. The molecule has 0 bridgehead atoms. The van der Waals surface area contributed by atoms with Gasteiger partial charge in [0.25, 0.3) is 0 Å². The quantitative estimate of drug-likeness (QED) is 0.731. The van der Waals surface area contributed by atoms with Gasteiger partial charge in [-0.15, -0.1) is 0 Å². The molecule has 0 saturated heterocycles. The first kappa shape index (κ1) is 18.7. The molecule has 2 heterocycles. The van der Waals surface area contributed by atoms with E-state index in [-0.39, 0.29) is 11.9 Å². The van der Waals surface area contributed by atoms with Gasteiger partial charge < -0.3 is 14.7 Å². The first-order chi connectivity index (χ1) is 12.8. The van der Waals surface area contributed by atoms with E-state index in [4.69, 9.17) is 4.52 Å². The second-order valence-corrected chi connectivity index (χ2v) is 7.05. The highest BCUT2D eigenvalue weighted by atomic mass is 16.5. The third kappa shape index (κ3) is 4.36. The summed E-state index contributed by atoms with van der Waals surface area (Å²) < 4.78 is 7.15. The number of nitrogens with one attached hydrogen (secondary N) is 1. The van der Waals surface area contributed by atoms with E-state index in [1.165, 1.54) is 0 Å². The molecule has 0 aliphatic carbocycles. The van der Waals surface area contributed by atoms with Gasteiger partial charge in [-0.05, 0) is 44.2 Å². The lowest BCUT2D eigenvalue weighted by Crippen LogP contribution is -2.30. The number of rotatable bonds is 5. The van der Waals surface area contributed by atoms with E-state index in [0.29, 0.717) is 6.54 Å². The van der Waals surface area contributed by atoms with Crippen molar-refractivity contribution in [3.05, 3.63) is 59.2 Å². The summed E-state index contributed by atoms with van der Waals surface area (Å²) in [5.74, 6) is 1.09. The molecule has 0 aliphatic heterocycles. The summed E-state index contributed by atoms with van der Waals surface area (Å²) in [6.45, 7) is 8.44. The number of benzene rings is 1. The molecule has 0 radical (unpaired) electrons. The minimum absolute atomic E-state index is 0.206. The lowest BCUT2D eigenvalue weighted by Gasteiger charge is -2.16. The van der Waals surface area contributed by atoms with Crippen LogP contribution in [0.15, 0.2) is 40.9 Å². The number of anilines is 1. The third-order valence-corrected chi connectivity index (χ3v) is 4.26. The molecule has 0 unspecified atom stereocenters. The zero-order chi connectivity index (χ0) is 19.6. The summed E-state index contributed by atoms with van der Waals surface area (Å²) in [7, 11) is 1.73. The summed E-state index contributed by atoms with van der Waals surface area (Å²) >= 11 is 0. The van der Waals surface area contributed by atoms with E-state index >= 15 is 0 Å². The van der Waals surface area contributed by atoms with Crippen molar-refractivity contribution in [2.24, 2.45) is 0 Å². The van der Waals surface area contributed by atoms with Crippen LogP contribution in [0.25, 0.3) is 5.69 Å². The number of aromatic nitrogens is 3. The number of urea groups is 1. The lowest BCUT2D eigenvalue weighted by atomic mass is 10.1. The topological polar surface area (TPSA) is 76.2 Å². The summed E-state index contributed by atoms with van der Waals surface area (Å²) in [4.78, 5) is 14.0.